The highest BCUT2D eigenvalue weighted by molar-refractivity contribution is 6.36. The van der Waals surface area contributed by atoms with Crippen molar-refractivity contribution in [3.8, 4) is 22.8 Å². The molecule has 0 radical (unpaired) electrons. The predicted octanol–water partition coefficient (Wildman–Crippen LogP) is 3.86. The van der Waals surface area contributed by atoms with Gasteiger partial charge in [-0.05, 0) is 41.9 Å². The first-order valence-corrected chi connectivity index (χ1v) is 12.4. The van der Waals surface area contributed by atoms with Crippen LogP contribution in [0.4, 0.5) is 19.0 Å². The largest absolute Gasteiger partial charge is 0.490 e. The number of aromatic nitrogens is 5. The van der Waals surface area contributed by atoms with Gasteiger partial charge >= 0.3 is 12.1 Å². The third-order valence-corrected chi connectivity index (χ3v) is 6.53. The van der Waals surface area contributed by atoms with Crippen LogP contribution < -0.4 is 11.5 Å². The molecule has 212 valence electrons. The Kier molecular flexibility index (Phi) is 8.18. The van der Waals surface area contributed by atoms with Crippen molar-refractivity contribution in [2.75, 3.05) is 18.8 Å². The van der Waals surface area contributed by atoms with Crippen LogP contribution in [0.25, 0.3) is 33.8 Å². The molecule has 0 bridgehead atoms. The minimum atomic E-state index is -5.08. The van der Waals surface area contributed by atoms with Gasteiger partial charge in [0.1, 0.15) is 5.52 Å². The normalized spacial score (nSPS) is 15.3. The number of fused-ring (bicyclic) bond motifs is 1. The number of amides is 1. The Balaban J connectivity index is 0.000000470. The van der Waals surface area contributed by atoms with E-state index < -0.39 is 12.1 Å². The van der Waals surface area contributed by atoms with Crippen molar-refractivity contribution >= 4 is 51.9 Å². The summed E-state index contributed by atoms with van der Waals surface area (Å²) < 4.78 is 38.4. The molecule has 12 nitrogen and oxygen atoms in total. The summed E-state index contributed by atoms with van der Waals surface area (Å²) in [5.74, 6) is -2.41. The highest BCUT2D eigenvalue weighted by atomic mass is 35.5. The summed E-state index contributed by atoms with van der Waals surface area (Å²) in [6.45, 7) is 3.48. The van der Waals surface area contributed by atoms with E-state index in [0.29, 0.717) is 63.4 Å². The van der Waals surface area contributed by atoms with Crippen molar-refractivity contribution < 1.29 is 32.5 Å². The molecule has 0 aliphatic carbocycles. The number of carbonyl (C=O) groups excluding carboxylic acids is 1. The van der Waals surface area contributed by atoms with Crippen molar-refractivity contribution in [3.63, 3.8) is 0 Å². The lowest BCUT2D eigenvalue weighted by atomic mass is 10.1. The average molecular weight is 601 g/mol. The number of rotatable bonds is 4. The van der Waals surface area contributed by atoms with Gasteiger partial charge < -0.3 is 26.0 Å². The van der Waals surface area contributed by atoms with Crippen molar-refractivity contribution in [3.05, 3.63) is 40.0 Å². The highest BCUT2D eigenvalue weighted by Crippen LogP contribution is 2.37. The topological polar surface area (TPSA) is 179 Å². The number of aryl methyl sites for hydroxylation is 1. The molecule has 17 heteroatoms. The van der Waals surface area contributed by atoms with Gasteiger partial charge in [-0.3, -0.25) is 9.78 Å². The molecule has 5 N–H and O–H groups in total. The Hall–Kier alpha value is -3.95. The first-order valence-electron chi connectivity index (χ1n) is 11.6. The van der Waals surface area contributed by atoms with E-state index in [1.165, 1.54) is 0 Å². The lowest BCUT2D eigenvalue weighted by Gasteiger charge is -2.17. The van der Waals surface area contributed by atoms with E-state index in [2.05, 4.69) is 15.3 Å². The van der Waals surface area contributed by atoms with Crippen LogP contribution in [-0.2, 0) is 11.3 Å². The first-order chi connectivity index (χ1) is 18.8. The van der Waals surface area contributed by atoms with Crippen molar-refractivity contribution in [2.45, 2.75) is 32.1 Å². The van der Waals surface area contributed by atoms with Gasteiger partial charge in [-0.15, -0.1) is 0 Å². The molecular formula is C23H21Cl2F3N8O4. The molecular weight excluding hydrogens is 580 g/mol. The van der Waals surface area contributed by atoms with E-state index in [1.54, 1.807) is 29.3 Å². The van der Waals surface area contributed by atoms with E-state index in [9.17, 15) is 18.0 Å². The summed E-state index contributed by atoms with van der Waals surface area (Å²) in [5.41, 5.74) is 14.9. The molecule has 0 spiro atoms. The van der Waals surface area contributed by atoms with Gasteiger partial charge in [0, 0.05) is 42.5 Å². The van der Waals surface area contributed by atoms with Gasteiger partial charge in [-0.1, -0.05) is 23.2 Å². The van der Waals surface area contributed by atoms with Gasteiger partial charge in [0.05, 0.1) is 21.8 Å². The number of alkyl halides is 3. The van der Waals surface area contributed by atoms with E-state index in [-0.39, 0.29) is 23.5 Å². The highest BCUT2D eigenvalue weighted by Gasteiger charge is 2.38. The van der Waals surface area contributed by atoms with Crippen LogP contribution in [0, 0.1) is 0 Å². The maximum absolute atomic E-state index is 13.5. The third kappa shape index (κ3) is 5.66. The van der Waals surface area contributed by atoms with Crippen LogP contribution in [0.15, 0.2) is 29.0 Å². The first kappa shape index (κ1) is 29.0. The molecule has 1 aliphatic rings. The quantitative estimate of drug-likeness (QED) is 0.311. The summed E-state index contributed by atoms with van der Waals surface area (Å²) in [6.07, 6.45) is -2.78. The molecule has 3 aromatic heterocycles. The predicted molar refractivity (Wildman–Crippen MR) is 139 cm³/mol. The molecule has 1 unspecified atom stereocenters. The number of pyridine rings is 1. The van der Waals surface area contributed by atoms with Crippen molar-refractivity contribution in [1.82, 2.24) is 29.7 Å². The zero-order valence-electron chi connectivity index (χ0n) is 20.6. The molecule has 4 aromatic rings. The summed E-state index contributed by atoms with van der Waals surface area (Å²) in [4.78, 5) is 33.5. The number of carboxylic acids is 1. The average Bonchev–Trinajstić information content (AvgIpc) is 3.61. The van der Waals surface area contributed by atoms with Crippen molar-refractivity contribution in [2.24, 2.45) is 5.73 Å². The Morgan fingerprint density at radius 2 is 1.93 bits per heavy atom. The fraction of sp³-hybridized carbons (Fsp3) is 0.304. The summed E-state index contributed by atoms with van der Waals surface area (Å²) in [5, 5.41) is 15.6. The molecule has 40 heavy (non-hydrogen) atoms. The molecule has 1 aromatic carbocycles. The van der Waals surface area contributed by atoms with Crippen LogP contribution >= 0.6 is 23.2 Å². The Bertz CT molecular complexity index is 1590. The maximum atomic E-state index is 13.5. The van der Waals surface area contributed by atoms with E-state index in [1.807, 2.05) is 11.5 Å². The zero-order valence-corrected chi connectivity index (χ0v) is 22.1. The second kappa shape index (κ2) is 11.3. The molecule has 1 atom stereocenters. The Morgan fingerprint density at radius 3 is 2.45 bits per heavy atom. The number of halogens is 5. The third-order valence-electron chi connectivity index (χ3n) is 5.98. The number of likely N-dealkylation sites (tertiary alicyclic amines) is 1. The van der Waals surface area contributed by atoms with Gasteiger partial charge in [0.25, 0.3) is 5.91 Å². The number of imidazole rings is 1. The number of aliphatic carboxylic acids is 1. The minimum absolute atomic E-state index is 0.0443. The SMILES string of the molecule is CCn1c(-c2nonc2N)nc2c(-c3ccc(Cl)cc3Cl)ncc(C(=O)N3CCC(N)C3)c21.O=C(O)C(F)(F)F. The van der Waals surface area contributed by atoms with Gasteiger partial charge in [-0.25, -0.2) is 14.4 Å². The number of carboxylic acid groups (broad SMARTS) is 1. The number of hydrogen-bond donors (Lipinski definition) is 3. The van der Waals surface area contributed by atoms with Gasteiger partial charge in [-0.2, -0.15) is 13.2 Å². The molecule has 1 amide bonds. The smallest absolute Gasteiger partial charge is 0.475 e. The number of hydrogen-bond acceptors (Lipinski definition) is 9. The van der Waals surface area contributed by atoms with Crippen LogP contribution in [0.3, 0.4) is 0 Å². The number of anilines is 1. The lowest BCUT2D eigenvalue weighted by Crippen LogP contribution is -2.32. The fourth-order valence-electron chi connectivity index (χ4n) is 4.16. The molecule has 0 saturated carbocycles. The molecule has 1 fully saturated rings. The summed E-state index contributed by atoms with van der Waals surface area (Å²) in [7, 11) is 0. The van der Waals surface area contributed by atoms with Crippen LogP contribution in [-0.4, -0.2) is 72.0 Å². The van der Waals surface area contributed by atoms with Crippen LogP contribution in [0.2, 0.25) is 10.0 Å². The number of carbonyl (C=O) groups is 2. The summed E-state index contributed by atoms with van der Waals surface area (Å²) >= 11 is 12.6. The fourth-order valence-corrected chi connectivity index (χ4v) is 4.66. The van der Waals surface area contributed by atoms with E-state index in [4.69, 9.17) is 54.2 Å². The number of nitrogen functional groups attached to an aromatic ring is 1. The Labute approximate surface area is 233 Å². The Morgan fingerprint density at radius 1 is 1.23 bits per heavy atom. The zero-order chi connectivity index (χ0) is 29.4. The number of nitrogens with two attached hydrogens (primary N) is 2. The van der Waals surface area contributed by atoms with Crippen LogP contribution in [0.1, 0.15) is 23.7 Å². The van der Waals surface area contributed by atoms with Crippen molar-refractivity contribution in [1.29, 1.82) is 0 Å². The maximum Gasteiger partial charge on any atom is 0.490 e. The molecule has 5 rings (SSSR count). The van der Waals surface area contributed by atoms with Gasteiger partial charge in [0.2, 0.25) is 0 Å². The van der Waals surface area contributed by atoms with Gasteiger partial charge in [0.15, 0.2) is 17.3 Å². The van der Waals surface area contributed by atoms with E-state index >= 15 is 0 Å². The number of nitrogens with zero attached hydrogens (tertiary/aromatic N) is 6. The van der Waals surface area contributed by atoms with Crippen LogP contribution in [0.5, 0.6) is 0 Å². The molecule has 1 saturated heterocycles. The molecule has 1 aliphatic heterocycles. The number of benzene rings is 1. The summed E-state index contributed by atoms with van der Waals surface area (Å²) in [6, 6.07) is 5.08. The second-order valence-electron chi connectivity index (χ2n) is 8.62. The minimum Gasteiger partial charge on any atom is -0.475 e. The molecule has 4 heterocycles. The standard InChI is InChI=1S/C21H20Cl2N8O2.C2HF3O2/c1-2-31-18-13(21(32)30-6-5-11(24)9-30)8-26-15(12-4-3-10(22)7-14(12)23)16(18)27-20(31)17-19(25)29-33-28-17;3-2(4,5)1(6)7/h3-4,7-8,11H,2,5-6,9,24H2,1H3,(H2,25,29);(H,6,7). The monoisotopic (exact) mass is 600 g/mol. The second-order valence-corrected chi connectivity index (χ2v) is 9.47. The van der Waals surface area contributed by atoms with E-state index in [0.717, 1.165) is 6.42 Å². The lowest BCUT2D eigenvalue weighted by molar-refractivity contribution is -0.192.